The first-order valence-corrected chi connectivity index (χ1v) is 14.3. The Morgan fingerprint density at radius 1 is 0.586 bits per heavy atom. The van der Waals surface area contributed by atoms with Gasteiger partial charge in [0.15, 0.2) is 0 Å². The van der Waals surface area contributed by atoms with Gasteiger partial charge in [0.1, 0.15) is 0 Å². The SMILES string of the molecule is CCCCC1=CCC(CCCC)=[C]1[Zr+2][C]1=C(CCCC)CC=C1CCCC.[Cl-].[Cl-]. The summed E-state index contributed by atoms with van der Waals surface area (Å²) in [6, 6.07) is 0. The second-order valence-corrected chi connectivity index (χ2v) is 11.4. The maximum absolute atomic E-state index is 2.62. The van der Waals surface area contributed by atoms with Crippen molar-refractivity contribution >= 4 is 0 Å². The Hall–Kier alpha value is 0.423. The summed E-state index contributed by atoms with van der Waals surface area (Å²) in [5.41, 5.74) is 7.24. The van der Waals surface area contributed by atoms with Crippen molar-refractivity contribution in [2.75, 3.05) is 0 Å². The minimum atomic E-state index is -0.663. The third kappa shape index (κ3) is 9.21. The first-order valence-electron chi connectivity index (χ1n) is 11.8. The van der Waals surface area contributed by atoms with Crippen molar-refractivity contribution in [3.05, 3.63) is 41.0 Å². The van der Waals surface area contributed by atoms with E-state index in [9.17, 15) is 0 Å². The standard InChI is InChI=1S/2C13H21.2ClH.Zr/c2*1-3-5-7-12-9-10-13(11-12)8-6-4-2;;;/h2*9H,3-8,10H2,1-2H3;2*1H;/q;;;;+2/p-2. The first-order chi connectivity index (χ1) is 13.2. The Labute approximate surface area is 205 Å². The van der Waals surface area contributed by atoms with Crippen molar-refractivity contribution in [2.24, 2.45) is 0 Å². The summed E-state index contributed by atoms with van der Waals surface area (Å²) in [5.74, 6) is 0. The molecule has 0 aromatic rings. The minimum absolute atomic E-state index is 0. The zero-order valence-electron chi connectivity index (χ0n) is 19.3. The third-order valence-corrected chi connectivity index (χ3v) is 10.6. The number of halogens is 2. The molecule has 0 fully saturated rings. The van der Waals surface area contributed by atoms with Gasteiger partial charge in [-0.05, 0) is 0 Å². The topological polar surface area (TPSA) is 0 Å². The monoisotopic (exact) mass is 514 g/mol. The van der Waals surface area contributed by atoms with E-state index in [1.807, 2.05) is 17.7 Å². The molecule has 164 valence electrons. The Kier molecular flexibility index (Phi) is 17.3. The fourth-order valence-electron chi connectivity index (χ4n) is 4.24. The fourth-order valence-corrected chi connectivity index (χ4v) is 8.75. The smallest absolute Gasteiger partial charge is 1.00 e. The zero-order valence-corrected chi connectivity index (χ0v) is 23.3. The maximum atomic E-state index is 2.62. The second-order valence-electron chi connectivity index (χ2n) is 8.36. The largest absolute Gasteiger partial charge is 1.00 e. The molecule has 0 saturated carbocycles. The molecular formula is C26H42Cl2Zr. The van der Waals surface area contributed by atoms with E-state index in [-0.39, 0.29) is 24.8 Å². The molecule has 0 bridgehead atoms. The first kappa shape index (κ1) is 29.4. The van der Waals surface area contributed by atoms with Crippen molar-refractivity contribution in [1.29, 1.82) is 0 Å². The van der Waals surface area contributed by atoms with Crippen LogP contribution in [0.15, 0.2) is 41.0 Å². The average molecular weight is 517 g/mol. The van der Waals surface area contributed by atoms with E-state index in [0.29, 0.717) is 0 Å². The molecule has 0 nitrogen and oxygen atoms in total. The summed E-state index contributed by atoms with van der Waals surface area (Å²) in [6.07, 6.45) is 24.0. The quantitative estimate of drug-likeness (QED) is 0.333. The zero-order chi connectivity index (χ0) is 19.5. The van der Waals surface area contributed by atoms with Crippen molar-refractivity contribution in [3.63, 3.8) is 0 Å². The molecule has 0 amide bonds. The summed E-state index contributed by atoms with van der Waals surface area (Å²) < 4.78 is 3.85. The molecule has 0 aromatic carbocycles. The summed E-state index contributed by atoms with van der Waals surface area (Å²) in [7, 11) is 0. The maximum Gasteiger partial charge on any atom is -1.00 e. The minimum Gasteiger partial charge on any atom is -1.00 e. The normalized spacial score (nSPS) is 15.7. The summed E-state index contributed by atoms with van der Waals surface area (Å²) in [5, 5.41) is 0. The summed E-state index contributed by atoms with van der Waals surface area (Å²) in [4.78, 5) is 0. The molecule has 0 N–H and O–H groups in total. The third-order valence-electron chi connectivity index (χ3n) is 6.05. The molecule has 2 rings (SSSR count). The molecule has 0 atom stereocenters. The van der Waals surface area contributed by atoms with Crippen LogP contribution in [0, 0.1) is 0 Å². The van der Waals surface area contributed by atoms with Crippen LogP contribution < -0.4 is 24.8 Å². The molecule has 0 aromatic heterocycles. The van der Waals surface area contributed by atoms with Gasteiger partial charge >= 0.3 is 182 Å². The van der Waals surface area contributed by atoms with Crippen LogP contribution in [0.3, 0.4) is 0 Å². The van der Waals surface area contributed by atoms with Crippen LogP contribution in [-0.2, 0) is 23.2 Å². The molecule has 2 aliphatic rings. The van der Waals surface area contributed by atoms with Gasteiger partial charge in [-0.1, -0.05) is 0 Å². The Balaban J connectivity index is 0.00000392. The van der Waals surface area contributed by atoms with Gasteiger partial charge in [-0.3, -0.25) is 0 Å². The fraction of sp³-hybridized carbons (Fsp3) is 0.692. The van der Waals surface area contributed by atoms with Gasteiger partial charge in [-0.25, -0.2) is 0 Å². The molecule has 0 unspecified atom stereocenters. The van der Waals surface area contributed by atoms with Crippen molar-refractivity contribution in [3.8, 4) is 0 Å². The Morgan fingerprint density at radius 2 is 0.931 bits per heavy atom. The number of unbranched alkanes of at least 4 members (excludes halogenated alkanes) is 4. The van der Waals surface area contributed by atoms with Crippen LogP contribution in [0.25, 0.3) is 0 Å². The van der Waals surface area contributed by atoms with Crippen LogP contribution in [0.4, 0.5) is 0 Å². The average Bonchev–Trinajstić information content (AvgIpc) is 3.25. The van der Waals surface area contributed by atoms with Gasteiger partial charge in [0.2, 0.25) is 0 Å². The molecule has 0 radical (unpaired) electrons. The van der Waals surface area contributed by atoms with E-state index in [1.54, 1.807) is 11.1 Å². The molecule has 0 saturated heterocycles. The van der Waals surface area contributed by atoms with Crippen molar-refractivity contribution in [1.82, 2.24) is 0 Å². The van der Waals surface area contributed by atoms with Crippen LogP contribution in [-0.4, -0.2) is 0 Å². The van der Waals surface area contributed by atoms with E-state index < -0.39 is 23.2 Å². The van der Waals surface area contributed by atoms with Crippen LogP contribution in [0.2, 0.25) is 0 Å². The van der Waals surface area contributed by atoms with Crippen molar-refractivity contribution in [2.45, 2.75) is 118 Å². The van der Waals surface area contributed by atoms with Crippen LogP contribution in [0.1, 0.15) is 118 Å². The molecule has 0 spiro atoms. The second kappa shape index (κ2) is 17.0. The number of rotatable bonds is 14. The predicted molar refractivity (Wildman–Crippen MR) is 118 cm³/mol. The van der Waals surface area contributed by atoms with E-state index in [0.717, 1.165) is 0 Å². The predicted octanol–water partition coefficient (Wildman–Crippen LogP) is 3.01. The molecule has 2 aliphatic carbocycles. The summed E-state index contributed by atoms with van der Waals surface area (Å²) >= 11 is -0.663. The van der Waals surface area contributed by atoms with E-state index in [2.05, 4.69) is 39.8 Å². The van der Waals surface area contributed by atoms with Gasteiger partial charge in [-0.2, -0.15) is 0 Å². The van der Waals surface area contributed by atoms with Crippen LogP contribution >= 0.6 is 0 Å². The molecule has 0 aliphatic heterocycles. The number of hydrogen-bond acceptors (Lipinski definition) is 0. The van der Waals surface area contributed by atoms with Gasteiger partial charge in [0.05, 0.1) is 0 Å². The molecular weight excluding hydrogens is 474 g/mol. The number of hydrogen-bond donors (Lipinski definition) is 0. The van der Waals surface area contributed by atoms with E-state index >= 15 is 0 Å². The van der Waals surface area contributed by atoms with Gasteiger partial charge in [0.25, 0.3) is 0 Å². The van der Waals surface area contributed by atoms with Gasteiger partial charge in [0, 0.05) is 0 Å². The van der Waals surface area contributed by atoms with Crippen LogP contribution in [0.5, 0.6) is 0 Å². The van der Waals surface area contributed by atoms with E-state index in [1.165, 1.54) is 89.9 Å². The molecule has 29 heavy (non-hydrogen) atoms. The molecule has 0 heterocycles. The van der Waals surface area contributed by atoms with Gasteiger partial charge in [-0.15, -0.1) is 0 Å². The van der Waals surface area contributed by atoms with E-state index in [4.69, 9.17) is 0 Å². The Bertz CT molecular complexity index is 544. The Morgan fingerprint density at radius 3 is 1.28 bits per heavy atom. The van der Waals surface area contributed by atoms with Gasteiger partial charge < -0.3 is 24.8 Å². The molecule has 3 heteroatoms. The van der Waals surface area contributed by atoms with Crippen molar-refractivity contribution < 1.29 is 48.0 Å². The number of allylic oxidation sites excluding steroid dienone is 8. The summed E-state index contributed by atoms with van der Waals surface area (Å²) in [6.45, 7) is 9.36.